The van der Waals surface area contributed by atoms with E-state index in [4.69, 9.17) is 0 Å². The Kier molecular flexibility index (Phi) is 1.97. The Hall–Kier alpha value is -2.69. The molecule has 0 saturated heterocycles. The smallest absolute Gasteiger partial charge is 0.253 e. The molecule has 1 aliphatic heterocycles. The molecule has 19 heavy (non-hydrogen) atoms. The van der Waals surface area contributed by atoms with Gasteiger partial charge in [0.15, 0.2) is 0 Å². The minimum Gasteiger partial charge on any atom is -0.346 e. The molecule has 5 heteroatoms. The van der Waals surface area contributed by atoms with Crippen molar-refractivity contribution in [3.05, 3.63) is 54.1 Å². The van der Waals surface area contributed by atoms with Gasteiger partial charge in [-0.25, -0.2) is 4.98 Å². The van der Waals surface area contributed by atoms with Crippen molar-refractivity contribution in [2.75, 3.05) is 0 Å². The van der Waals surface area contributed by atoms with E-state index in [1.807, 2.05) is 41.2 Å². The van der Waals surface area contributed by atoms with Gasteiger partial charge >= 0.3 is 0 Å². The molecular weight excluding hydrogens is 240 g/mol. The molecule has 5 nitrogen and oxygen atoms in total. The Labute approximate surface area is 108 Å². The molecule has 92 valence electrons. The van der Waals surface area contributed by atoms with Crippen LogP contribution in [0.25, 0.3) is 16.7 Å². The average Bonchev–Trinajstić information content (AvgIpc) is 3.03. The lowest BCUT2D eigenvalue weighted by atomic mass is 10.2. The monoisotopic (exact) mass is 250 g/mol. The molecule has 4 rings (SSSR count). The quantitative estimate of drug-likeness (QED) is 0.714. The molecule has 1 amide bonds. The van der Waals surface area contributed by atoms with Crippen molar-refractivity contribution in [2.24, 2.45) is 0 Å². The van der Waals surface area contributed by atoms with E-state index in [9.17, 15) is 4.79 Å². The minimum atomic E-state index is -0.0457. The van der Waals surface area contributed by atoms with Crippen molar-refractivity contribution < 1.29 is 4.79 Å². The van der Waals surface area contributed by atoms with Crippen molar-refractivity contribution in [3.63, 3.8) is 0 Å². The summed E-state index contributed by atoms with van der Waals surface area (Å²) in [4.78, 5) is 20.2. The first-order valence-corrected chi connectivity index (χ1v) is 6.02. The van der Waals surface area contributed by atoms with Crippen LogP contribution in [0.15, 0.2) is 42.9 Å². The summed E-state index contributed by atoms with van der Waals surface area (Å²) in [7, 11) is 0. The van der Waals surface area contributed by atoms with Gasteiger partial charge in [0.25, 0.3) is 5.91 Å². The van der Waals surface area contributed by atoms with Crippen LogP contribution in [0.4, 0.5) is 0 Å². The fourth-order valence-electron chi connectivity index (χ4n) is 2.41. The molecule has 0 radical (unpaired) electrons. The van der Waals surface area contributed by atoms with E-state index >= 15 is 0 Å². The highest BCUT2D eigenvalue weighted by Gasteiger charge is 2.20. The van der Waals surface area contributed by atoms with Gasteiger partial charge in [-0.1, -0.05) is 0 Å². The average molecular weight is 250 g/mol. The van der Waals surface area contributed by atoms with E-state index in [1.165, 1.54) is 0 Å². The number of carbonyl (C=O) groups excluding carboxylic acids is 1. The second-order valence-electron chi connectivity index (χ2n) is 4.47. The molecule has 1 N–H and O–H groups in total. The molecule has 0 aliphatic carbocycles. The van der Waals surface area contributed by atoms with Crippen LogP contribution in [0.5, 0.6) is 0 Å². The van der Waals surface area contributed by atoms with Crippen LogP contribution >= 0.6 is 0 Å². The maximum Gasteiger partial charge on any atom is 0.253 e. The number of hydrogen-bond donors (Lipinski definition) is 1. The lowest BCUT2D eigenvalue weighted by Crippen LogP contribution is -2.12. The molecule has 0 saturated carbocycles. The molecule has 0 bridgehead atoms. The molecule has 3 aromatic rings. The van der Waals surface area contributed by atoms with Crippen LogP contribution in [-0.4, -0.2) is 20.4 Å². The predicted octanol–water partition coefficient (Wildman–Crippen LogP) is 1.66. The van der Waals surface area contributed by atoms with Crippen LogP contribution in [0.2, 0.25) is 0 Å². The number of carbonyl (C=O) groups is 1. The van der Waals surface area contributed by atoms with Gasteiger partial charge in [0, 0.05) is 24.0 Å². The first kappa shape index (κ1) is 10.3. The first-order chi connectivity index (χ1) is 9.33. The Morgan fingerprint density at radius 2 is 2.16 bits per heavy atom. The van der Waals surface area contributed by atoms with Gasteiger partial charge < -0.3 is 9.88 Å². The standard InChI is InChI=1S/C14H10N4O/c19-14-10-1-2-13(17-11(10)8-16-14)18-6-4-9-7-15-5-3-12(9)18/h1-7H,8H2,(H,16,19). The van der Waals surface area contributed by atoms with E-state index in [2.05, 4.69) is 15.3 Å². The van der Waals surface area contributed by atoms with Crippen molar-refractivity contribution >= 4 is 16.8 Å². The van der Waals surface area contributed by atoms with Crippen LogP contribution in [0.3, 0.4) is 0 Å². The van der Waals surface area contributed by atoms with Crippen molar-refractivity contribution in [3.8, 4) is 5.82 Å². The second-order valence-corrected chi connectivity index (χ2v) is 4.47. The highest BCUT2D eigenvalue weighted by atomic mass is 16.1. The SMILES string of the molecule is O=C1NCc2nc(-n3ccc4cnccc43)ccc21. The lowest BCUT2D eigenvalue weighted by molar-refractivity contribution is 0.0966. The normalized spacial score (nSPS) is 13.6. The van der Waals surface area contributed by atoms with Crippen molar-refractivity contribution in [1.82, 2.24) is 19.9 Å². The molecule has 0 aromatic carbocycles. The van der Waals surface area contributed by atoms with E-state index in [1.54, 1.807) is 6.20 Å². The fourth-order valence-corrected chi connectivity index (χ4v) is 2.41. The van der Waals surface area contributed by atoms with E-state index in [0.717, 1.165) is 22.4 Å². The molecule has 1 aliphatic rings. The third-order valence-corrected chi connectivity index (χ3v) is 3.36. The lowest BCUT2D eigenvalue weighted by Gasteiger charge is -2.05. The Morgan fingerprint density at radius 3 is 3.11 bits per heavy atom. The number of hydrogen-bond acceptors (Lipinski definition) is 3. The Bertz CT molecular complexity index is 806. The summed E-state index contributed by atoms with van der Waals surface area (Å²) in [6.45, 7) is 0.503. The number of nitrogens with one attached hydrogen (secondary N) is 1. The fraction of sp³-hybridized carbons (Fsp3) is 0.0714. The number of amides is 1. The molecule has 3 aromatic heterocycles. The van der Waals surface area contributed by atoms with Crippen molar-refractivity contribution in [1.29, 1.82) is 0 Å². The maximum absolute atomic E-state index is 11.5. The minimum absolute atomic E-state index is 0.0457. The number of pyridine rings is 2. The van der Waals surface area contributed by atoms with Gasteiger partial charge in [-0.15, -0.1) is 0 Å². The zero-order valence-electron chi connectivity index (χ0n) is 10.00. The molecule has 4 heterocycles. The number of rotatable bonds is 1. The van der Waals surface area contributed by atoms with E-state index < -0.39 is 0 Å². The number of nitrogens with zero attached hydrogens (tertiary/aromatic N) is 3. The summed E-state index contributed by atoms with van der Waals surface area (Å²) in [5, 5.41) is 3.84. The van der Waals surface area contributed by atoms with Gasteiger partial charge in [-0.3, -0.25) is 9.78 Å². The van der Waals surface area contributed by atoms with Crippen LogP contribution in [0.1, 0.15) is 16.1 Å². The maximum atomic E-state index is 11.5. The van der Waals surface area contributed by atoms with Gasteiger partial charge in [-0.2, -0.15) is 0 Å². The number of fused-ring (bicyclic) bond motifs is 2. The second kappa shape index (κ2) is 3.65. The zero-order chi connectivity index (χ0) is 12.8. The predicted molar refractivity (Wildman–Crippen MR) is 70.0 cm³/mol. The molecule has 0 spiro atoms. The Morgan fingerprint density at radius 1 is 1.21 bits per heavy atom. The van der Waals surface area contributed by atoms with Gasteiger partial charge in [0.05, 0.1) is 23.3 Å². The summed E-state index contributed by atoms with van der Waals surface area (Å²) in [5.41, 5.74) is 2.53. The summed E-state index contributed by atoms with van der Waals surface area (Å²) >= 11 is 0. The van der Waals surface area contributed by atoms with E-state index in [0.29, 0.717) is 12.1 Å². The third kappa shape index (κ3) is 1.45. The van der Waals surface area contributed by atoms with Gasteiger partial charge in [0.2, 0.25) is 0 Å². The van der Waals surface area contributed by atoms with Crippen LogP contribution < -0.4 is 5.32 Å². The van der Waals surface area contributed by atoms with Gasteiger partial charge in [0.1, 0.15) is 5.82 Å². The summed E-state index contributed by atoms with van der Waals surface area (Å²) in [5.74, 6) is 0.770. The molecule has 0 unspecified atom stereocenters. The molecule has 0 atom stereocenters. The van der Waals surface area contributed by atoms with Gasteiger partial charge in [-0.05, 0) is 24.3 Å². The van der Waals surface area contributed by atoms with Crippen LogP contribution in [0, 0.1) is 0 Å². The summed E-state index contributed by atoms with van der Waals surface area (Å²) in [6.07, 6.45) is 5.55. The highest BCUT2D eigenvalue weighted by molar-refractivity contribution is 5.97. The Balaban J connectivity index is 1.91. The summed E-state index contributed by atoms with van der Waals surface area (Å²) < 4.78 is 2.00. The molecule has 0 fully saturated rings. The highest BCUT2D eigenvalue weighted by Crippen LogP contribution is 2.20. The van der Waals surface area contributed by atoms with E-state index in [-0.39, 0.29) is 5.91 Å². The zero-order valence-corrected chi connectivity index (χ0v) is 10.00. The summed E-state index contributed by atoms with van der Waals surface area (Å²) in [6, 6.07) is 7.64. The first-order valence-electron chi connectivity index (χ1n) is 6.02. The number of aromatic nitrogens is 3. The largest absolute Gasteiger partial charge is 0.346 e. The third-order valence-electron chi connectivity index (χ3n) is 3.36. The topological polar surface area (TPSA) is 59.8 Å². The van der Waals surface area contributed by atoms with Crippen LogP contribution in [-0.2, 0) is 6.54 Å². The van der Waals surface area contributed by atoms with Crippen molar-refractivity contribution in [2.45, 2.75) is 6.54 Å². The molecular formula is C14H10N4O.